The molecule has 1 aromatic heterocycles. The van der Waals surface area contributed by atoms with E-state index < -0.39 is 32.3 Å². The van der Waals surface area contributed by atoms with Gasteiger partial charge in [-0.15, -0.1) is 0 Å². The molecule has 2 aromatic carbocycles. The van der Waals surface area contributed by atoms with E-state index in [4.69, 9.17) is 4.42 Å². The molecule has 0 radical (unpaired) electrons. The van der Waals surface area contributed by atoms with Crippen molar-refractivity contribution < 1.29 is 27.5 Å². The van der Waals surface area contributed by atoms with Crippen LogP contribution >= 0.6 is 0 Å². The van der Waals surface area contributed by atoms with Crippen LogP contribution in [0.2, 0.25) is 0 Å². The number of carbonyl (C=O) groups excluding carboxylic acids is 2. The molecular formula is C32H34N2O6S. The molecule has 2 aliphatic carbocycles. The van der Waals surface area contributed by atoms with Gasteiger partial charge >= 0.3 is 0 Å². The number of furan rings is 1. The summed E-state index contributed by atoms with van der Waals surface area (Å²) in [6.07, 6.45) is 5.89. The Kier molecular flexibility index (Phi) is 6.82. The van der Waals surface area contributed by atoms with Gasteiger partial charge in [0.1, 0.15) is 5.58 Å². The lowest BCUT2D eigenvalue weighted by atomic mass is 9.75. The molecule has 1 saturated heterocycles. The Balaban J connectivity index is 1.20. The fourth-order valence-corrected chi connectivity index (χ4v) is 7.82. The monoisotopic (exact) mass is 574 g/mol. The zero-order chi connectivity index (χ0) is 28.9. The van der Waals surface area contributed by atoms with E-state index in [1.54, 1.807) is 6.07 Å². The van der Waals surface area contributed by atoms with Crippen LogP contribution < -0.4 is 5.32 Å². The van der Waals surface area contributed by atoms with E-state index in [2.05, 4.69) is 11.4 Å². The predicted molar refractivity (Wildman–Crippen MR) is 154 cm³/mol. The molecule has 8 nitrogen and oxygen atoms in total. The van der Waals surface area contributed by atoms with Gasteiger partial charge in [-0.3, -0.25) is 9.59 Å². The predicted octanol–water partition coefficient (Wildman–Crippen LogP) is 5.19. The molecule has 1 aliphatic heterocycles. The van der Waals surface area contributed by atoms with E-state index in [1.807, 2.05) is 42.5 Å². The number of amides is 1. The SMILES string of the molecule is N#CC1(CC(=O)C2(NC(=O)c3cc4ccc(-c5ccc(C6(O)CCS(=O)(=O)CC6)cc5)cc4o3)CCCCC2)CC1. The smallest absolute Gasteiger partial charge is 0.287 e. The van der Waals surface area contributed by atoms with Crippen molar-refractivity contribution in [3.63, 3.8) is 0 Å². The maximum absolute atomic E-state index is 13.4. The van der Waals surface area contributed by atoms with Crippen molar-refractivity contribution in [2.75, 3.05) is 11.5 Å². The number of carbonyl (C=O) groups is 2. The maximum atomic E-state index is 13.4. The fraction of sp³-hybridized carbons (Fsp3) is 0.469. The number of nitriles is 1. The van der Waals surface area contributed by atoms with E-state index in [0.29, 0.717) is 24.0 Å². The first-order valence-electron chi connectivity index (χ1n) is 14.4. The first kappa shape index (κ1) is 27.7. The third-order valence-corrected chi connectivity index (χ3v) is 11.0. The number of rotatable bonds is 7. The molecule has 3 fully saturated rings. The van der Waals surface area contributed by atoms with E-state index in [0.717, 1.165) is 48.6 Å². The first-order valence-corrected chi connectivity index (χ1v) is 16.2. The van der Waals surface area contributed by atoms with Gasteiger partial charge in [-0.1, -0.05) is 55.7 Å². The second-order valence-electron chi connectivity index (χ2n) is 12.2. The molecule has 214 valence electrons. The lowest BCUT2D eigenvalue weighted by Crippen LogP contribution is -2.56. The van der Waals surface area contributed by atoms with Crippen molar-refractivity contribution in [3.8, 4) is 17.2 Å². The van der Waals surface area contributed by atoms with Gasteiger partial charge in [0.25, 0.3) is 5.91 Å². The molecule has 6 rings (SSSR count). The summed E-state index contributed by atoms with van der Waals surface area (Å²) >= 11 is 0. The molecule has 3 aromatic rings. The van der Waals surface area contributed by atoms with E-state index in [9.17, 15) is 28.4 Å². The summed E-state index contributed by atoms with van der Waals surface area (Å²) < 4.78 is 29.6. The van der Waals surface area contributed by atoms with Gasteiger partial charge < -0.3 is 14.8 Å². The average molecular weight is 575 g/mol. The maximum Gasteiger partial charge on any atom is 0.287 e. The van der Waals surface area contributed by atoms with Crippen LogP contribution in [-0.2, 0) is 20.2 Å². The van der Waals surface area contributed by atoms with Crippen LogP contribution in [0.3, 0.4) is 0 Å². The first-order chi connectivity index (χ1) is 19.5. The molecular weight excluding hydrogens is 540 g/mol. The molecule has 3 aliphatic rings. The van der Waals surface area contributed by atoms with Crippen LogP contribution in [0.1, 0.15) is 80.3 Å². The van der Waals surface area contributed by atoms with E-state index in [1.165, 1.54) is 0 Å². The summed E-state index contributed by atoms with van der Waals surface area (Å²) in [5.74, 6) is -0.377. The van der Waals surface area contributed by atoms with Crippen molar-refractivity contribution >= 4 is 32.5 Å². The van der Waals surface area contributed by atoms with Crippen LogP contribution in [0.15, 0.2) is 52.9 Å². The fourth-order valence-electron chi connectivity index (χ4n) is 6.32. The summed E-state index contributed by atoms with van der Waals surface area (Å²) in [7, 11) is -3.09. The third-order valence-electron chi connectivity index (χ3n) is 9.34. The minimum atomic E-state index is -3.09. The Morgan fingerprint density at radius 3 is 2.20 bits per heavy atom. The van der Waals surface area contributed by atoms with Gasteiger partial charge in [-0.25, -0.2) is 8.42 Å². The standard InChI is InChI=1S/C32H34N2O6S/c33-21-30(12-13-30)20-28(35)31(10-2-1-3-11-31)34-29(36)27-19-24-5-4-23(18-26(24)40-27)22-6-8-25(9-7-22)32(37)14-16-41(38,39)17-15-32/h4-9,18-19,37H,1-3,10-17,20H2,(H,34,36). The van der Waals surface area contributed by atoms with Crippen LogP contribution in [0.5, 0.6) is 0 Å². The molecule has 1 amide bonds. The number of hydrogen-bond donors (Lipinski definition) is 2. The molecule has 0 atom stereocenters. The van der Waals surface area contributed by atoms with Gasteiger partial charge in [0.15, 0.2) is 21.4 Å². The highest BCUT2D eigenvalue weighted by atomic mass is 32.2. The molecule has 0 bridgehead atoms. The second-order valence-corrected chi connectivity index (χ2v) is 14.5. The third kappa shape index (κ3) is 5.43. The molecule has 2 saturated carbocycles. The minimum Gasteiger partial charge on any atom is -0.451 e. The molecule has 2 N–H and O–H groups in total. The summed E-state index contributed by atoms with van der Waals surface area (Å²) in [6.45, 7) is 0. The Morgan fingerprint density at radius 1 is 0.902 bits per heavy atom. The van der Waals surface area contributed by atoms with Crippen LogP contribution in [0.4, 0.5) is 0 Å². The number of benzene rings is 2. The van der Waals surface area contributed by atoms with Crippen molar-refractivity contribution in [3.05, 3.63) is 59.9 Å². The average Bonchev–Trinajstić information content (AvgIpc) is 3.62. The largest absolute Gasteiger partial charge is 0.451 e. The van der Waals surface area contributed by atoms with Gasteiger partial charge in [0, 0.05) is 11.8 Å². The summed E-state index contributed by atoms with van der Waals surface area (Å²) in [4.78, 5) is 26.8. The van der Waals surface area contributed by atoms with E-state index >= 15 is 0 Å². The van der Waals surface area contributed by atoms with Crippen LogP contribution in [0.25, 0.3) is 22.1 Å². The normalized spacial score (nSPS) is 22.0. The van der Waals surface area contributed by atoms with Crippen LogP contribution in [0, 0.1) is 16.7 Å². The number of ketones is 1. The zero-order valence-electron chi connectivity index (χ0n) is 22.9. The highest BCUT2D eigenvalue weighted by molar-refractivity contribution is 7.91. The van der Waals surface area contributed by atoms with Crippen molar-refractivity contribution in [2.24, 2.45) is 5.41 Å². The lowest BCUT2D eigenvalue weighted by molar-refractivity contribution is -0.127. The molecule has 0 spiro atoms. The van der Waals surface area contributed by atoms with Crippen molar-refractivity contribution in [1.29, 1.82) is 5.26 Å². The second kappa shape index (κ2) is 10.1. The van der Waals surface area contributed by atoms with Crippen molar-refractivity contribution in [2.45, 2.75) is 75.3 Å². The minimum absolute atomic E-state index is 0.0216. The van der Waals surface area contributed by atoms with Gasteiger partial charge in [-0.2, -0.15) is 5.26 Å². The molecule has 41 heavy (non-hydrogen) atoms. The lowest BCUT2D eigenvalue weighted by Gasteiger charge is -2.37. The number of hydrogen-bond acceptors (Lipinski definition) is 7. The highest BCUT2D eigenvalue weighted by Crippen LogP contribution is 2.49. The Morgan fingerprint density at radius 2 is 1.56 bits per heavy atom. The van der Waals surface area contributed by atoms with Gasteiger partial charge in [0.05, 0.1) is 34.1 Å². The molecule has 9 heteroatoms. The summed E-state index contributed by atoms with van der Waals surface area (Å²) in [5.41, 5.74) is 0.329. The highest BCUT2D eigenvalue weighted by Gasteiger charge is 2.50. The number of aliphatic hydroxyl groups is 1. The quantitative estimate of drug-likeness (QED) is 0.396. The summed E-state index contributed by atoms with van der Waals surface area (Å²) in [5, 5.41) is 24.3. The Bertz CT molecular complexity index is 1640. The van der Waals surface area contributed by atoms with Crippen molar-refractivity contribution in [1.82, 2.24) is 5.32 Å². The number of sulfone groups is 1. The number of nitrogens with one attached hydrogen (secondary N) is 1. The Hall–Kier alpha value is -3.48. The number of nitrogens with zero attached hydrogens (tertiary/aromatic N) is 1. The summed E-state index contributed by atoms with van der Waals surface area (Å²) in [6, 6.07) is 17.1. The topological polar surface area (TPSA) is 137 Å². The zero-order valence-corrected chi connectivity index (χ0v) is 23.8. The van der Waals surface area contributed by atoms with Crippen LogP contribution in [-0.4, -0.2) is 42.3 Å². The van der Waals surface area contributed by atoms with Gasteiger partial charge in [-0.05, 0) is 67.3 Å². The van der Waals surface area contributed by atoms with E-state index in [-0.39, 0.29) is 42.3 Å². The number of Topliss-reactive ketones (excluding diaryl/α,β-unsaturated/α-hetero) is 1. The molecule has 2 heterocycles. The molecule has 0 unspecified atom stereocenters. The number of fused-ring (bicyclic) bond motifs is 1. The Labute approximate surface area is 239 Å². The van der Waals surface area contributed by atoms with Gasteiger partial charge in [0.2, 0.25) is 0 Å².